The number of ether oxygens (including phenoxy) is 1. The first kappa shape index (κ1) is 20.8. The first-order valence-electron chi connectivity index (χ1n) is 9.45. The predicted octanol–water partition coefficient (Wildman–Crippen LogP) is 2.41. The third kappa shape index (κ3) is 4.54. The van der Waals surface area contributed by atoms with Crippen molar-refractivity contribution < 1.29 is 21.9 Å². The summed E-state index contributed by atoms with van der Waals surface area (Å²) in [5.41, 5.74) is 4.78. The van der Waals surface area contributed by atoms with Gasteiger partial charge in [-0.3, -0.25) is 4.18 Å². The van der Waals surface area contributed by atoms with E-state index in [4.69, 9.17) is 8.92 Å². The molecule has 0 spiro atoms. The summed E-state index contributed by atoms with van der Waals surface area (Å²) >= 11 is 0. The smallest absolute Gasteiger partial charge is 0.286 e. The summed E-state index contributed by atoms with van der Waals surface area (Å²) < 4.78 is 38.4. The predicted molar refractivity (Wildman–Crippen MR) is 108 cm³/mol. The molecule has 152 valence electrons. The lowest BCUT2D eigenvalue weighted by Gasteiger charge is -2.21. The SMILES string of the molecule is C=CCO[C@@H](COS(C)(=O)=O)[C@@H]1Cc2cc(C)cc(-n3c(C)ccc3C)[n+]2C1. The van der Waals surface area contributed by atoms with Crippen molar-refractivity contribution in [3.05, 3.63) is 59.6 Å². The molecule has 0 N–H and O–H groups in total. The highest BCUT2D eigenvalue weighted by atomic mass is 32.2. The molecule has 7 heteroatoms. The zero-order valence-electron chi connectivity index (χ0n) is 17.0. The van der Waals surface area contributed by atoms with Crippen molar-refractivity contribution in [3.63, 3.8) is 0 Å². The van der Waals surface area contributed by atoms with Crippen LogP contribution in [0.3, 0.4) is 0 Å². The summed E-state index contributed by atoms with van der Waals surface area (Å²) in [5, 5.41) is 0. The monoisotopic (exact) mass is 405 g/mol. The van der Waals surface area contributed by atoms with Crippen LogP contribution in [0.5, 0.6) is 0 Å². The first-order chi connectivity index (χ1) is 13.2. The van der Waals surface area contributed by atoms with Crippen molar-refractivity contribution in [1.82, 2.24) is 4.57 Å². The first-order valence-corrected chi connectivity index (χ1v) is 11.3. The Balaban J connectivity index is 1.92. The highest BCUT2D eigenvalue weighted by Gasteiger charge is 2.36. The van der Waals surface area contributed by atoms with Gasteiger partial charge in [0.25, 0.3) is 15.9 Å². The molecule has 3 heterocycles. The molecule has 0 saturated heterocycles. The van der Waals surface area contributed by atoms with E-state index in [-0.39, 0.29) is 18.6 Å². The van der Waals surface area contributed by atoms with Crippen LogP contribution in [-0.4, -0.2) is 38.6 Å². The van der Waals surface area contributed by atoms with E-state index in [1.807, 2.05) is 0 Å². The molecule has 0 bridgehead atoms. The summed E-state index contributed by atoms with van der Waals surface area (Å²) in [5.74, 6) is 1.25. The van der Waals surface area contributed by atoms with Crippen LogP contribution in [0.2, 0.25) is 0 Å². The minimum absolute atomic E-state index is 0.0157. The minimum atomic E-state index is -3.52. The van der Waals surface area contributed by atoms with E-state index >= 15 is 0 Å². The molecule has 0 fully saturated rings. The molecule has 0 aromatic carbocycles. The molecule has 0 amide bonds. The lowest BCUT2D eigenvalue weighted by atomic mass is 10.00. The van der Waals surface area contributed by atoms with Crippen LogP contribution in [0.4, 0.5) is 0 Å². The molecule has 0 unspecified atom stereocenters. The summed E-state index contributed by atoms with van der Waals surface area (Å²) in [6, 6.07) is 8.62. The molecule has 0 aliphatic carbocycles. The van der Waals surface area contributed by atoms with Crippen LogP contribution < -0.4 is 4.57 Å². The maximum absolute atomic E-state index is 11.5. The number of aryl methyl sites for hydroxylation is 3. The van der Waals surface area contributed by atoms with Crippen LogP contribution >= 0.6 is 0 Å². The van der Waals surface area contributed by atoms with Crippen LogP contribution in [-0.2, 0) is 32.0 Å². The summed E-state index contributed by atoms with van der Waals surface area (Å²) in [6.45, 7) is 11.1. The maximum atomic E-state index is 11.5. The van der Waals surface area contributed by atoms with Crippen molar-refractivity contribution in [2.75, 3.05) is 19.5 Å². The fraction of sp³-hybridized carbons (Fsp3) is 0.476. The number of pyridine rings is 1. The van der Waals surface area contributed by atoms with Crippen molar-refractivity contribution in [2.45, 2.75) is 39.8 Å². The van der Waals surface area contributed by atoms with E-state index < -0.39 is 10.1 Å². The fourth-order valence-electron chi connectivity index (χ4n) is 3.93. The zero-order chi connectivity index (χ0) is 20.5. The second-order valence-corrected chi connectivity index (χ2v) is 9.20. The average Bonchev–Trinajstić information content (AvgIpc) is 3.16. The lowest BCUT2D eigenvalue weighted by Crippen LogP contribution is -2.42. The van der Waals surface area contributed by atoms with Crippen molar-refractivity contribution in [1.29, 1.82) is 0 Å². The van der Waals surface area contributed by atoms with E-state index in [9.17, 15) is 8.42 Å². The average molecular weight is 406 g/mol. The molecule has 3 rings (SSSR count). The van der Waals surface area contributed by atoms with Gasteiger partial charge in [0.15, 0.2) is 0 Å². The second-order valence-electron chi connectivity index (χ2n) is 7.56. The van der Waals surface area contributed by atoms with E-state index in [2.05, 4.69) is 60.7 Å². The molecule has 0 saturated carbocycles. The quantitative estimate of drug-likeness (QED) is 0.384. The van der Waals surface area contributed by atoms with Gasteiger partial charge >= 0.3 is 0 Å². The van der Waals surface area contributed by atoms with E-state index in [0.717, 1.165) is 25.0 Å². The second kappa shape index (κ2) is 8.19. The molecule has 0 radical (unpaired) electrons. The van der Waals surface area contributed by atoms with E-state index in [0.29, 0.717) is 6.61 Å². The van der Waals surface area contributed by atoms with Crippen LogP contribution in [0, 0.1) is 26.7 Å². The van der Waals surface area contributed by atoms with Gasteiger partial charge in [-0.05, 0) is 44.5 Å². The third-order valence-corrected chi connectivity index (χ3v) is 5.73. The minimum Gasteiger partial charge on any atom is -0.371 e. The molecular weight excluding hydrogens is 376 g/mol. The number of hydrogen-bond donors (Lipinski definition) is 0. The Morgan fingerprint density at radius 3 is 2.57 bits per heavy atom. The normalized spacial score (nSPS) is 17.5. The van der Waals surface area contributed by atoms with Crippen LogP contribution in [0.25, 0.3) is 5.82 Å². The Morgan fingerprint density at radius 2 is 1.96 bits per heavy atom. The molecule has 2 aromatic heterocycles. The Bertz CT molecular complexity index is 959. The largest absolute Gasteiger partial charge is 0.371 e. The van der Waals surface area contributed by atoms with Gasteiger partial charge in [-0.15, -0.1) is 6.58 Å². The molecule has 1 aliphatic rings. The van der Waals surface area contributed by atoms with Gasteiger partial charge in [0.2, 0.25) is 0 Å². The van der Waals surface area contributed by atoms with Gasteiger partial charge in [0.05, 0.1) is 32.1 Å². The maximum Gasteiger partial charge on any atom is 0.286 e. The highest BCUT2D eigenvalue weighted by molar-refractivity contribution is 7.85. The molecule has 2 atom stereocenters. The number of fused-ring (bicyclic) bond motifs is 1. The van der Waals surface area contributed by atoms with Gasteiger partial charge in [-0.2, -0.15) is 8.42 Å². The molecule has 28 heavy (non-hydrogen) atoms. The van der Waals surface area contributed by atoms with Crippen LogP contribution in [0.15, 0.2) is 36.9 Å². The standard InChI is InChI=1S/C21H29N2O4S/c1-6-9-26-20(14-27-28(5,24)25)18-12-19-10-15(2)11-21(22(19)13-18)23-16(3)7-8-17(23)4/h6-8,10-11,18,20H,1,9,12-14H2,2-5H3/q+1/t18-,20+/m1/s1. The summed E-state index contributed by atoms with van der Waals surface area (Å²) in [7, 11) is -3.52. The highest BCUT2D eigenvalue weighted by Crippen LogP contribution is 2.25. The summed E-state index contributed by atoms with van der Waals surface area (Å²) in [6.07, 6.45) is 3.22. The lowest BCUT2D eigenvalue weighted by molar-refractivity contribution is -0.689. The summed E-state index contributed by atoms with van der Waals surface area (Å²) in [4.78, 5) is 0. The van der Waals surface area contributed by atoms with Gasteiger partial charge in [-0.1, -0.05) is 6.08 Å². The van der Waals surface area contributed by atoms with Gasteiger partial charge in [-0.25, -0.2) is 9.13 Å². The van der Waals surface area contributed by atoms with Gasteiger partial charge in [0.1, 0.15) is 17.1 Å². The van der Waals surface area contributed by atoms with E-state index in [1.165, 1.54) is 22.6 Å². The Labute approximate surface area is 167 Å². The zero-order valence-corrected chi connectivity index (χ0v) is 17.8. The topological polar surface area (TPSA) is 61.4 Å². The van der Waals surface area contributed by atoms with Crippen molar-refractivity contribution >= 4 is 10.1 Å². The molecular formula is C21H29N2O4S+. The van der Waals surface area contributed by atoms with Gasteiger partial charge in [0, 0.05) is 18.4 Å². The van der Waals surface area contributed by atoms with Crippen LogP contribution in [0.1, 0.15) is 22.6 Å². The number of hydrogen-bond acceptors (Lipinski definition) is 4. The Morgan fingerprint density at radius 1 is 1.29 bits per heavy atom. The number of aromatic nitrogens is 2. The molecule has 1 aliphatic heterocycles. The number of nitrogens with zero attached hydrogens (tertiary/aromatic N) is 2. The number of rotatable bonds is 8. The van der Waals surface area contributed by atoms with Crippen molar-refractivity contribution in [3.8, 4) is 5.82 Å². The Hall–Kier alpha value is -1.96. The molecule has 6 nitrogen and oxygen atoms in total. The fourth-order valence-corrected chi connectivity index (χ4v) is 4.31. The Kier molecular flexibility index (Phi) is 6.07. The molecule has 2 aromatic rings. The van der Waals surface area contributed by atoms with Gasteiger partial charge < -0.3 is 4.74 Å². The third-order valence-electron chi connectivity index (χ3n) is 5.16. The van der Waals surface area contributed by atoms with Crippen molar-refractivity contribution in [2.24, 2.45) is 5.92 Å². The van der Waals surface area contributed by atoms with E-state index in [1.54, 1.807) is 6.08 Å².